The molecular formula is C12H9Br2N2O2. The number of rotatable bonds is 3. The van der Waals surface area contributed by atoms with E-state index in [-0.39, 0.29) is 6.01 Å². The summed E-state index contributed by atoms with van der Waals surface area (Å²) in [7, 11) is 0. The molecular weight excluding hydrogens is 364 g/mol. The maximum Gasteiger partial charge on any atom is 0.319 e. The number of hydrogen-bond donors (Lipinski definition) is 1. The van der Waals surface area contributed by atoms with Crippen LogP contribution < -0.4 is 4.74 Å². The third kappa shape index (κ3) is 3.28. The van der Waals surface area contributed by atoms with Crippen LogP contribution in [0.25, 0.3) is 0 Å². The average Bonchev–Trinajstić information content (AvgIpc) is 2.32. The molecule has 0 spiro atoms. The molecule has 0 aliphatic rings. The van der Waals surface area contributed by atoms with Gasteiger partial charge in [0.05, 0.1) is 4.47 Å². The van der Waals surface area contributed by atoms with Crippen molar-refractivity contribution in [3.05, 3.63) is 58.1 Å². The van der Waals surface area contributed by atoms with Crippen LogP contribution in [0, 0.1) is 6.92 Å². The number of aliphatic hydroxyl groups is 1. The predicted octanol–water partition coefficient (Wildman–Crippen LogP) is 3.06. The predicted molar refractivity (Wildman–Crippen MR) is 73.8 cm³/mol. The Labute approximate surface area is 121 Å². The largest absolute Gasteiger partial charge is 0.427 e. The Bertz CT molecular complexity index is 544. The third-order valence-corrected chi connectivity index (χ3v) is 3.04. The van der Waals surface area contributed by atoms with Gasteiger partial charge in [-0.05, 0) is 28.1 Å². The molecule has 6 heteroatoms. The summed E-state index contributed by atoms with van der Waals surface area (Å²) < 4.78 is 6.83. The molecule has 4 nitrogen and oxygen atoms in total. The molecule has 0 bridgehead atoms. The lowest BCUT2D eigenvalue weighted by Gasteiger charge is -2.23. The standard InChI is InChI=1S/C12H9Br2N2O2/c1-12(17,8-3-2-4-9(13)5-8)18-11-15-6-10(14)7-16-11/h2-7,17H,1H2. The molecule has 1 heterocycles. The second kappa shape index (κ2) is 5.34. The smallest absolute Gasteiger partial charge is 0.319 e. The van der Waals surface area contributed by atoms with E-state index < -0.39 is 5.79 Å². The lowest BCUT2D eigenvalue weighted by atomic mass is 10.1. The molecule has 1 aromatic heterocycles. The highest BCUT2D eigenvalue weighted by Gasteiger charge is 2.27. The number of halogens is 2. The summed E-state index contributed by atoms with van der Waals surface area (Å²) in [5.74, 6) is -1.74. The van der Waals surface area contributed by atoms with Crippen molar-refractivity contribution in [1.29, 1.82) is 0 Å². The Morgan fingerprint density at radius 3 is 2.44 bits per heavy atom. The van der Waals surface area contributed by atoms with E-state index in [1.54, 1.807) is 18.2 Å². The fraction of sp³-hybridized carbons (Fsp3) is 0.0833. The lowest BCUT2D eigenvalue weighted by molar-refractivity contribution is -0.110. The van der Waals surface area contributed by atoms with Crippen molar-refractivity contribution in [2.24, 2.45) is 0 Å². The van der Waals surface area contributed by atoms with Gasteiger partial charge in [0.1, 0.15) is 0 Å². The van der Waals surface area contributed by atoms with Crippen LogP contribution in [0.1, 0.15) is 5.56 Å². The molecule has 2 aromatic rings. The molecule has 0 saturated heterocycles. The van der Waals surface area contributed by atoms with Gasteiger partial charge in [0.2, 0.25) is 5.79 Å². The van der Waals surface area contributed by atoms with Crippen molar-refractivity contribution >= 4 is 31.9 Å². The van der Waals surface area contributed by atoms with Gasteiger partial charge in [-0.25, -0.2) is 9.97 Å². The van der Waals surface area contributed by atoms with Crippen LogP contribution in [0.4, 0.5) is 0 Å². The minimum atomic E-state index is -1.74. The van der Waals surface area contributed by atoms with E-state index in [1.807, 2.05) is 6.07 Å². The van der Waals surface area contributed by atoms with Gasteiger partial charge in [-0.3, -0.25) is 0 Å². The van der Waals surface area contributed by atoms with Gasteiger partial charge in [0.15, 0.2) is 0 Å². The number of hydrogen-bond acceptors (Lipinski definition) is 4. The fourth-order valence-electron chi connectivity index (χ4n) is 1.29. The quantitative estimate of drug-likeness (QED) is 0.841. The molecule has 1 atom stereocenters. The molecule has 0 fully saturated rings. The minimum Gasteiger partial charge on any atom is -0.427 e. The summed E-state index contributed by atoms with van der Waals surface area (Å²) in [6.07, 6.45) is 3.05. The Morgan fingerprint density at radius 1 is 1.17 bits per heavy atom. The number of benzene rings is 1. The van der Waals surface area contributed by atoms with Gasteiger partial charge in [-0.2, -0.15) is 0 Å². The summed E-state index contributed by atoms with van der Waals surface area (Å²) in [5.41, 5.74) is 0.503. The number of ether oxygens (including phenoxy) is 1. The minimum absolute atomic E-state index is 0.0516. The average molecular weight is 373 g/mol. The van der Waals surface area contributed by atoms with Crippen LogP contribution in [-0.2, 0) is 5.79 Å². The summed E-state index contributed by atoms with van der Waals surface area (Å²) in [4.78, 5) is 7.84. The van der Waals surface area contributed by atoms with E-state index in [4.69, 9.17) is 4.74 Å². The monoisotopic (exact) mass is 371 g/mol. The van der Waals surface area contributed by atoms with E-state index >= 15 is 0 Å². The highest BCUT2D eigenvalue weighted by molar-refractivity contribution is 9.10. The zero-order chi connectivity index (χ0) is 13.2. The second-order valence-corrected chi connectivity index (χ2v) is 5.41. The molecule has 2 rings (SSSR count). The van der Waals surface area contributed by atoms with Gasteiger partial charge in [-0.1, -0.05) is 28.1 Å². The van der Waals surface area contributed by atoms with Gasteiger partial charge < -0.3 is 9.84 Å². The van der Waals surface area contributed by atoms with Crippen molar-refractivity contribution in [2.45, 2.75) is 5.79 Å². The molecule has 93 valence electrons. The van der Waals surface area contributed by atoms with Crippen LogP contribution in [0.5, 0.6) is 6.01 Å². The van der Waals surface area contributed by atoms with Gasteiger partial charge >= 0.3 is 6.01 Å². The first-order chi connectivity index (χ1) is 8.47. The van der Waals surface area contributed by atoms with Crippen molar-refractivity contribution in [2.75, 3.05) is 0 Å². The van der Waals surface area contributed by atoms with E-state index in [0.717, 1.165) is 8.95 Å². The van der Waals surface area contributed by atoms with Gasteiger partial charge in [-0.15, -0.1) is 0 Å². The van der Waals surface area contributed by atoms with Crippen LogP contribution in [-0.4, -0.2) is 15.1 Å². The van der Waals surface area contributed by atoms with E-state index in [0.29, 0.717) is 5.56 Å². The molecule has 0 amide bonds. The SMILES string of the molecule is [CH2]C(O)(Oc1ncc(Br)cn1)c1cccc(Br)c1. The van der Waals surface area contributed by atoms with Crippen LogP contribution >= 0.6 is 31.9 Å². The first-order valence-electron chi connectivity index (χ1n) is 4.98. The van der Waals surface area contributed by atoms with E-state index in [9.17, 15) is 5.11 Å². The van der Waals surface area contributed by atoms with E-state index in [1.165, 1.54) is 12.4 Å². The summed E-state index contributed by atoms with van der Waals surface area (Å²) in [5, 5.41) is 10.2. The molecule has 1 radical (unpaired) electrons. The maximum atomic E-state index is 10.2. The van der Waals surface area contributed by atoms with E-state index in [2.05, 4.69) is 48.8 Å². The summed E-state index contributed by atoms with van der Waals surface area (Å²) >= 11 is 6.53. The second-order valence-electron chi connectivity index (χ2n) is 3.58. The van der Waals surface area contributed by atoms with Crippen molar-refractivity contribution in [1.82, 2.24) is 9.97 Å². The molecule has 0 saturated carbocycles. The molecule has 1 N–H and O–H groups in total. The highest BCUT2D eigenvalue weighted by Crippen LogP contribution is 2.25. The first kappa shape index (κ1) is 13.5. The van der Waals surface area contributed by atoms with Crippen molar-refractivity contribution in [3.8, 4) is 6.01 Å². The Morgan fingerprint density at radius 2 is 1.83 bits per heavy atom. The van der Waals surface area contributed by atoms with Crippen LogP contribution in [0.15, 0.2) is 45.6 Å². The maximum absolute atomic E-state index is 10.2. The van der Waals surface area contributed by atoms with Crippen LogP contribution in [0.2, 0.25) is 0 Å². The summed E-state index contributed by atoms with van der Waals surface area (Å²) in [6.45, 7) is 3.62. The normalized spacial score (nSPS) is 14.0. The third-order valence-electron chi connectivity index (χ3n) is 2.13. The molecule has 0 aliphatic carbocycles. The van der Waals surface area contributed by atoms with Crippen LogP contribution in [0.3, 0.4) is 0 Å². The van der Waals surface area contributed by atoms with Crippen molar-refractivity contribution < 1.29 is 9.84 Å². The molecule has 18 heavy (non-hydrogen) atoms. The Hall–Kier alpha value is -0.980. The number of aromatic nitrogens is 2. The first-order valence-corrected chi connectivity index (χ1v) is 6.56. The van der Waals surface area contributed by atoms with Crippen molar-refractivity contribution in [3.63, 3.8) is 0 Å². The summed E-state index contributed by atoms with van der Waals surface area (Å²) in [6, 6.07) is 7.09. The topological polar surface area (TPSA) is 55.2 Å². The zero-order valence-electron chi connectivity index (χ0n) is 9.18. The number of nitrogens with zero attached hydrogens (tertiary/aromatic N) is 2. The molecule has 1 unspecified atom stereocenters. The van der Waals surface area contributed by atoms with Gasteiger partial charge in [0.25, 0.3) is 0 Å². The zero-order valence-corrected chi connectivity index (χ0v) is 12.3. The highest BCUT2D eigenvalue weighted by atomic mass is 79.9. The fourth-order valence-corrected chi connectivity index (χ4v) is 1.90. The Balaban J connectivity index is 2.23. The Kier molecular flexibility index (Phi) is 3.99. The molecule has 1 aromatic carbocycles. The molecule has 0 aliphatic heterocycles. The lowest BCUT2D eigenvalue weighted by Crippen LogP contribution is -2.30. The van der Waals surface area contributed by atoms with Gasteiger partial charge in [0, 0.05) is 29.4 Å².